The fourth-order valence-corrected chi connectivity index (χ4v) is 1.91. The molecular weight excluding hydrogens is 301 g/mol. The first kappa shape index (κ1) is 10.8. The third kappa shape index (κ3) is 2.45. The van der Waals surface area contributed by atoms with Crippen molar-refractivity contribution in [3.8, 4) is 11.4 Å². The number of rotatable bonds is 1. The highest BCUT2D eigenvalue weighted by Crippen LogP contribution is 2.26. The van der Waals surface area contributed by atoms with Crippen molar-refractivity contribution in [3.63, 3.8) is 0 Å². The number of nitrogens with zero attached hydrogens (tertiary/aromatic N) is 3. The van der Waals surface area contributed by atoms with Crippen LogP contribution in [-0.4, -0.2) is 15.0 Å². The van der Waals surface area contributed by atoms with Gasteiger partial charge in [0.2, 0.25) is 10.6 Å². The van der Waals surface area contributed by atoms with E-state index in [1.807, 2.05) is 24.3 Å². The lowest BCUT2D eigenvalue weighted by Gasteiger charge is -2.02. The van der Waals surface area contributed by atoms with Gasteiger partial charge in [0.15, 0.2) is 5.82 Å². The van der Waals surface area contributed by atoms with E-state index in [9.17, 15) is 0 Å². The lowest BCUT2D eigenvalue weighted by molar-refractivity contribution is 1.06. The molecule has 6 heteroatoms. The monoisotopic (exact) mass is 303 g/mol. The van der Waals surface area contributed by atoms with Crippen LogP contribution in [0.3, 0.4) is 0 Å². The maximum Gasteiger partial charge on any atom is 0.227 e. The molecule has 0 unspecified atom stereocenters. The lowest BCUT2D eigenvalue weighted by Crippen LogP contribution is -1.94. The minimum Gasteiger partial charge on any atom is -0.198 e. The third-order valence-corrected chi connectivity index (χ3v) is 2.73. The molecule has 0 amide bonds. The van der Waals surface area contributed by atoms with Gasteiger partial charge in [0.05, 0.1) is 0 Å². The first-order chi connectivity index (χ1) is 7.16. The van der Waals surface area contributed by atoms with Crippen molar-refractivity contribution < 1.29 is 0 Å². The van der Waals surface area contributed by atoms with Crippen molar-refractivity contribution in [1.29, 1.82) is 0 Å². The summed E-state index contributed by atoms with van der Waals surface area (Å²) in [7, 11) is 0. The molecule has 0 saturated heterocycles. The highest BCUT2D eigenvalue weighted by atomic mass is 79.9. The van der Waals surface area contributed by atoms with E-state index >= 15 is 0 Å². The van der Waals surface area contributed by atoms with Gasteiger partial charge in [-0.05, 0) is 29.3 Å². The normalized spacial score (nSPS) is 10.3. The van der Waals surface area contributed by atoms with Gasteiger partial charge in [-0.25, -0.2) is 0 Å². The Morgan fingerprint density at radius 2 is 1.53 bits per heavy atom. The molecule has 0 aliphatic heterocycles. The predicted molar refractivity (Wildman–Crippen MR) is 63.0 cm³/mol. The van der Waals surface area contributed by atoms with Crippen LogP contribution in [0.5, 0.6) is 0 Å². The fraction of sp³-hybridized carbons (Fsp3) is 0. The van der Waals surface area contributed by atoms with Crippen LogP contribution < -0.4 is 0 Å². The van der Waals surface area contributed by atoms with Crippen molar-refractivity contribution in [1.82, 2.24) is 15.0 Å². The standard InChI is InChI=1S/C9H4BrCl2N3/c10-6-4-2-1-3-5(6)7-13-8(11)15-9(12)14-7/h1-4H. The summed E-state index contributed by atoms with van der Waals surface area (Å²) in [5.41, 5.74) is 0.823. The van der Waals surface area contributed by atoms with E-state index in [1.165, 1.54) is 0 Å². The maximum absolute atomic E-state index is 5.69. The summed E-state index contributed by atoms with van der Waals surface area (Å²) in [6, 6.07) is 7.54. The first-order valence-corrected chi connectivity index (χ1v) is 5.53. The van der Waals surface area contributed by atoms with Crippen LogP contribution in [0.2, 0.25) is 10.6 Å². The van der Waals surface area contributed by atoms with Crippen LogP contribution in [-0.2, 0) is 0 Å². The molecule has 0 spiro atoms. The van der Waals surface area contributed by atoms with Gasteiger partial charge >= 0.3 is 0 Å². The van der Waals surface area contributed by atoms with Gasteiger partial charge in [0.25, 0.3) is 0 Å². The van der Waals surface area contributed by atoms with Crippen LogP contribution in [0.4, 0.5) is 0 Å². The average Bonchev–Trinajstić information content (AvgIpc) is 2.16. The Balaban J connectivity index is 2.59. The molecule has 1 heterocycles. The summed E-state index contributed by atoms with van der Waals surface area (Å²) >= 11 is 14.8. The highest BCUT2D eigenvalue weighted by molar-refractivity contribution is 9.10. The smallest absolute Gasteiger partial charge is 0.198 e. The first-order valence-electron chi connectivity index (χ1n) is 3.99. The predicted octanol–water partition coefficient (Wildman–Crippen LogP) is 3.61. The topological polar surface area (TPSA) is 38.7 Å². The summed E-state index contributed by atoms with van der Waals surface area (Å²) in [6.07, 6.45) is 0. The zero-order chi connectivity index (χ0) is 10.8. The molecule has 0 aliphatic carbocycles. The molecule has 0 saturated carbocycles. The average molecular weight is 305 g/mol. The molecule has 0 atom stereocenters. The van der Waals surface area contributed by atoms with E-state index in [1.54, 1.807) is 0 Å². The van der Waals surface area contributed by atoms with E-state index in [2.05, 4.69) is 30.9 Å². The van der Waals surface area contributed by atoms with Crippen LogP contribution in [0.25, 0.3) is 11.4 Å². The Bertz CT molecular complexity index is 484. The lowest BCUT2D eigenvalue weighted by atomic mass is 10.2. The van der Waals surface area contributed by atoms with Crippen LogP contribution in [0.15, 0.2) is 28.7 Å². The number of hydrogen-bond donors (Lipinski definition) is 0. The van der Waals surface area contributed by atoms with E-state index in [0.717, 1.165) is 10.0 Å². The molecule has 0 N–H and O–H groups in total. The molecule has 0 aliphatic rings. The van der Waals surface area contributed by atoms with E-state index in [-0.39, 0.29) is 10.6 Å². The van der Waals surface area contributed by atoms with E-state index in [0.29, 0.717) is 5.82 Å². The molecule has 0 bridgehead atoms. The Morgan fingerprint density at radius 1 is 0.933 bits per heavy atom. The molecule has 76 valence electrons. The van der Waals surface area contributed by atoms with Crippen molar-refractivity contribution in [2.75, 3.05) is 0 Å². The Morgan fingerprint density at radius 3 is 2.13 bits per heavy atom. The molecule has 0 fully saturated rings. The van der Waals surface area contributed by atoms with E-state index < -0.39 is 0 Å². The Labute approximate surface area is 105 Å². The number of halogens is 3. The number of aromatic nitrogens is 3. The van der Waals surface area contributed by atoms with E-state index in [4.69, 9.17) is 23.2 Å². The quantitative estimate of drug-likeness (QED) is 0.808. The summed E-state index contributed by atoms with van der Waals surface area (Å²) in [5.74, 6) is 0.451. The molecule has 1 aromatic carbocycles. The second-order valence-electron chi connectivity index (χ2n) is 2.68. The van der Waals surface area contributed by atoms with Crippen LogP contribution in [0.1, 0.15) is 0 Å². The molecule has 15 heavy (non-hydrogen) atoms. The number of hydrogen-bond acceptors (Lipinski definition) is 3. The van der Waals surface area contributed by atoms with Crippen LogP contribution >= 0.6 is 39.1 Å². The molecule has 2 aromatic rings. The summed E-state index contributed by atoms with van der Waals surface area (Å²) < 4.78 is 0.878. The van der Waals surface area contributed by atoms with Gasteiger partial charge in [-0.15, -0.1) is 0 Å². The van der Waals surface area contributed by atoms with Gasteiger partial charge in [-0.3, -0.25) is 0 Å². The van der Waals surface area contributed by atoms with Crippen molar-refractivity contribution in [3.05, 3.63) is 39.3 Å². The summed E-state index contributed by atoms with van der Waals surface area (Å²) in [4.78, 5) is 11.7. The molecule has 1 aromatic heterocycles. The second kappa shape index (κ2) is 4.43. The Kier molecular flexibility index (Phi) is 3.19. The van der Waals surface area contributed by atoms with Gasteiger partial charge in [0, 0.05) is 10.0 Å². The zero-order valence-corrected chi connectivity index (χ0v) is 10.4. The van der Waals surface area contributed by atoms with Crippen molar-refractivity contribution in [2.45, 2.75) is 0 Å². The molecule has 2 rings (SSSR count). The minimum atomic E-state index is 0.0840. The van der Waals surface area contributed by atoms with Gasteiger partial charge in [-0.2, -0.15) is 15.0 Å². The number of benzene rings is 1. The van der Waals surface area contributed by atoms with Crippen LogP contribution in [0, 0.1) is 0 Å². The zero-order valence-electron chi connectivity index (χ0n) is 7.28. The SMILES string of the molecule is Clc1nc(Cl)nc(-c2ccccc2Br)n1. The van der Waals surface area contributed by atoms with Gasteiger partial charge in [-0.1, -0.05) is 34.1 Å². The minimum absolute atomic E-state index is 0.0840. The second-order valence-corrected chi connectivity index (χ2v) is 4.21. The molecular formula is C9H4BrCl2N3. The maximum atomic E-state index is 5.69. The summed E-state index contributed by atoms with van der Waals surface area (Å²) in [6.45, 7) is 0. The van der Waals surface area contributed by atoms with Crippen molar-refractivity contribution in [2.24, 2.45) is 0 Å². The summed E-state index contributed by atoms with van der Waals surface area (Å²) in [5, 5.41) is 0.168. The Hall–Kier alpha value is -0.710. The fourth-order valence-electron chi connectivity index (χ4n) is 1.09. The van der Waals surface area contributed by atoms with Gasteiger partial charge < -0.3 is 0 Å². The van der Waals surface area contributed by atoms with Gasteiger partial charge in [0.1, 0.15) is 0 Å². The van der Waals surface area contributed by atoms with Crippen molar-refractivity contribution >= 4 is 39.1 Å². The molecule has 0 radical (unpaired) electrons. The highest BCUT2D eigenvalue weighted by Gasteiger charge is 2.08. The third-order valence-electron chi connectivity index (χ3n) is 1.70. The molecule has 3 nitrogen and oxygen atoms in total. The largest absolute Gasteiger partial charge is 0.227 e.